The van der Waals surface area contributed by atoms with Crippen LogP contribution in [0.2, 0.25) is 0 Å². The molecular formula is C17H26N2O3. The number of hydrogen-bond donors (Lipinski definition) is 2. The number of benzene rings is 1. The lowest BCUT2D eigenvalue weighted by Gasteiger charge is -2.22. The second kappa shape index (κ2) is 8.63. The van der Waals surface area contributed by atoms with Crippen molar-refractivity contribution in [1.82, 2.24) is 5.32 Å². The summed E-state index contributed by atoms with van der Waals surface area (Å²) in [6.45, 7) is 6.02. The molecule has 1 aliphatic rings. The average molecular weight is 306 g/mol. The maximum atomic E-state index is 11.9. The molecule has 0 bridgehead atoms. The average Bonchev–Trinajstić information content (AvgIpc) is 2.51. The first-order chi connectivity index (χ1) is 10.7. The summed E-state index contributed by atoms with van der Waals surface area (Å²) in [5, 5.41) is 5.75. The van der Waals surface area contributed by atoms with Crippen molar-refractivity contribution in [3.63, 3.8) is 0 Å². The van der Waals surface area contributed by atoms with Crippen molar-refractivity contribution in [1.29, 1.82) is 0 Å². The Hall–Kier alpha value is -1.75. The van der Waals surface area contributed by atoms with Gasteiger partial charge in [0.05, 0.1) is 12.7 Å². The van der Waals surface area contributed by atoms with Crippen molar-refractivity contribution in [3.05, 3.63) is 23.8 Å². The van der Waals surface area contributed by atoms with Gasteiger partial charge in [-0.15, -0.1) is 0 Å². The summed E-state index contributed by atoms with van der Waals surface area (Å²) in [5.74, 6) is 0.820. The molecule has 0 spiro atoms. The van der Waals surface area contributed by atoms with E-state index in [-0.39, 0.29) is 6.03 Å². The predicted octanol–water partition coefficient (Wildman–Crippen LogP) is 3.47. The molecule has 2 amide bonds. The topological polar surface area (TPSA) is 59.6 Å². The number of urea groups is 1. The van der Waals surface area contributed by atoms with E-state index in [0.29, 0.717) is 19.3 Å². The van der Waals surface area contributed by atoms with Gasteiger partial charge in [-0.3, -0.25) is 0 Å². The summed E-state index contributed by atoms with van der Waals surface area (Å²) in [5.41, 5.74) is 1.78. The summed E-state index contributed by atoms with van der Waals surface area (Å²) >= 11 is 0. The largest absolute Gasteiger partial charge is 0.494 e. The fraction of sp³-hybridized carbons (Fsp3) is 0.588. The number of aryl methyl sites for hydroxylation is 1. The summed E-state index contributed by atoms with van der Waals surface area (Å²) in [6.07, 6.45) is 4.64. The van der Waals surface area contributed by atoms with E-state index in [2.05, 4.69) is 10.6 Å². The Morgan fingerprint density at radius 1 is 1.41 bits per heavy atom. The van der Waals surface area contributed by atoms with Crippen LogP contribution in [-0.2, 0) is 4.74 Å². The van der Waals surface area contributed by atoms with Gasteiger partial charge < -0.3 is 20.1 Å². The zero-order valence-corrected chi connectivity index (χ0v) is 13.5. The molecule has 1 aromatic carbocycles. The maximum Gasteiger partial charge on any atom is 0.319 e. The summed E-state index contributed by atoms with van der Waals surface area (Å²) in [7, 11) is 0. The molecule has 1 aromatic rings. The van der Waals surface area contributed by atoms with Crippen LogP contribution in [0.5, 0.6) is 5.75 Å². The number of carbonyl (C=O) groups excluding carboxylic acids is 1. The summed E-state index contributed by atoms with van der Waals surface area (Å²) < 4.78 is 11.1. The standard InChI is InChI=1S/C17H26N2O3/c1-3-21-15-7-8-16(13(2)12-15)19-17(20)18-10-9-14-6-4-5-11-22-14/h7-8,12,14H,3-6,9-11H2,1-2H3,(H2,18,19,20)/t14-/m0/s1. The molecule has 0 unspecified atom stereocenters. The van der Waals surface area contributed by atoms with Crippen LogP contribution >= 0.6 is 0 Å². The van der Waals surface area contributed by atoms with Crippen molar-refractivity contribution in [2.45, 2.75) is 45.6 Å². The number of nitrogens with one attached hydrogen (secondary N) is 2. The van der Waals surface area contributed by atoms with E-state index < -0.39 is 0 Å². The van der Waals surface area contributed by atoms with Crippen LogP contribution in [0.1, 0.15) is 38.2 Å². The monoisotopic (exact) mass is 306 g/mol. The lowest BCUT2D eigenvalue weighted by Crippen LogP contribution is -2.32. The lowest BCUT2D eigenvalue weighted by molar-refractivity contribution is 0.0120. The molecule has 22 heavy (non-hydrogen) atoms. The molecule has 5 heteroatoms. The highest BCUT2D eigenvalue weighted by atomic mass is 16.5. The van der Waals surface area contributed by atoms with Crippen molar-refractivity contribution in [2.24, 2.45) is 0 Å². The van der Waals surface area contributed by atoms with Crippen molar-refractivity contribution in [2.75, 3.05) is 25.1 Å². The van der Waals surface area contributed by atoms with E-state index in [1.807, 2.05) is 32.0 Å². The SMILES string of the molecule is CCOc1ccc(NC(=O)NCC[C@@H]2CCCCO2)c(C)c1. The van der Waals surface area contributed by atoms with Gasteiger partial charge in [0, 0.05) is 18.8 Å². The molecule has 2 N–H and O–H groups in total. The number of anilines is 1. The Balaban J connectivity index is 1.74. The van der Waals surface area contributed by atoms with E-state index in [4.69, 9.17) is 9.47 Å². The Labute approximate surface area is 132 Å². The lowest BCUT2D eigenvalue weighted by atomic mass is 10.1. The van der Waals surface area contributed by atoms with E-state index in [9.17, 15) is 4.79 Å². The van der Waals surface area contributed by atoms with E-state index >= 15 is 0 Å². The number of rotatable bonds is 6. The van der Waals surface area contributed by atoms with Crippen LogP contribution in [0.4, 0.5) is 10.5 Å². The first-order valence-electron chi connectivity index (χ1n) is 8.09. The van der Waals surface area contributed by atoms with Gasteiger partial charge >= 0.3 is 6.03 Å². The van der Waals surface area contributed by atoms with Gasteiger partial charge in [-0.05, 0) is 63.3 Å². The van der Waals surface area contributed by atoms with Gasteiger partial charge in [0.25, 0.3) is 0 Å². The van der Waals surface area contributed by atoms with E-state index in [0.717, 1.165) is 42.9 Å². The van der Waals surface area contributed by atoms with Crippen LogP contribution in [0.25, 0.3) is 0 Å². The van der Waals surface area contributed by atoms with Gasteiger partial charge in [0.2, 0.25) is 0 Å². The van der Waals surface area contributed by atoms with Crippen LogP contribution < -0.4 is 15.4 Å². The molecule has 0 radical (unpaired) electrons. The molecular weight excluding hydrogens is 280 g/mol. The highest BCUT2D eigenvalue weighted by molar-refractivity contribution is 5.90. The van der Waals surface area contributed by atoms with Crippen LogP contribution in [0.15, 0.2) is 18.2 Å². The van der Waals surface area contributed by atoms with Gasteiger partial charge in [-0.2, -0.15) is 0 Å². The number of carbonyl (C=O) groups is 1. The van der Waals surface area contributed by atoms with Gasteiger partial charge in [-0.25, -0.2) is 4.79 Å². The van der Waals surface area contributed by atoms with E-state index in [1.165, 1.54) is 6.42 Å². The minimum atomic E-state index is -0.178. The summed E-state index contributed by atoms with van der Waals surface area (Å²) in [4.78, 5) is 11.9. The highest BCUT2D eigenvalue weighted by Gasteiger charge is 2.13. The van der Waals surface area contributed by atoms with Gasteiger partial charge in [-0.1, -0.05) is 0 Å². The van der Waals surface area contributed by atoms with Gasteiger partial charge in [0.15, 0.2) is 0 Å². The molecule has 1 aliphatic heterocycles. The molecule has 2 rings (SSSR count). The molecule has 0 saturated carbocycles. The van der Waals surface area contributed by atoms with Crippen LogP contribution in [-0.4, -0.2) is 31.9 Å². The first kappa shape index (κ1) is 16.6. The third-order valence-electron chi connectivity index (χ3n) is 3.78. The molecule has 0 aliphatic carbocycles. The van der Waals surface area contributed by atoms with Crippen molar-refractivity contribution < 1.29 is 14.3 Å². The minimum absolute atomic E-state index is 0.178. The van der Waals surface area contributed by atoms with E-state index in [1.54, 1.807) is 0 Å². The first-order valence-corrected chi connectivity index (χ1v) is 8.09. The highest BCUT2D eigenvalue weighted by Crippen LogP contribution is 2.21. The Bertz CT molecular complexity index is 485. The smallest absolute Gasteiger partial charge is 0.319 e. The second-order valence-electron chi connectivity index (χ2n) is 5.57. The number of amides is 2. The zero-order chi connectivity index (χ0) is 15.8. The quantitative estimate of drug-likeness (QED) is 0.846. The molecule has 122 valence electrons. The second-order valence-corrected chi connectivity index (χ2v) is 5.57. The van der Waals surface area contributed by atoms with Crippen LogP contribution in [0, 0.1) is 6.92 Å². The van der Waals surface area contributed by atoms with Crippen molar-refractivity contribution >= 4 is 11.7 Å². The Kier molecular flexibility index (Phi) is 6.52. The van der Waals surface area contributed by atoms with Gasteiger partial charge in [0.1, 0.15) is 5.75 Å². The maximum absolute atomic E-state index is 11.9. The molecule has 1 fully saturated rings. The molecule has 1 saturated heterocycles. The van der Waals surface area contributed by atoms with Crippen LogP contribution in [0.3, 0.4) is 0 Å². The molecule has 1 heterocycles. The Morgan fingerprint density at radius 2 is 2.27 bits per heavy atom. The molecule has 0 aromatic heterocycles. The number of ether oxygens (including phenoxy) is 2. The molecule has 5 nitrogen and oxygen atoms in total. The fourth-order valence-electron chi connectivity index (χ4n) is 2.58. The van der Waals surface area contributed by atoms with Crippen molar-refractivity contribution in [3.8, 4) is 5.75 Å². The fourth-order valence-corrected chi connectivity index (χ4v) is 2.58. The normalized spacial score (nSPS) is 17.8. The molecule has 1 atom stereocenters. The third-order valence-corrected chi connectivity index (χ3v) is 3.78. The number of hydrogen-bond acceptors (Lipinski definition) is 3. The summed E-state index contributed by atoms with van der Waals surface area (Å²) in [6, 6.07) is 5.48. The zero-order valence-electron chi connectivity index (χ0n) is 13.5. The Morgan fingerprint density at radius 3 is 2.95 bits per heavy atom. The predicted molar refractivity (Wildman–Crippen MR) is 87.6 cm³/mol. The minimum Gasteiger partial charge on any atom is -0.494 e. The third kappa shape index (κ3) is 5.22.